The summed E-state index contributed by atoms with van der Waals surface area (Å²) in [5.41, 5.74) is 3.36. The Labute approximate surface area is 109 Å². The van der Waals surface area contributed by atoms with E-state index in [9.17, 15) is 5.11 Å². The van der Waals surface area contributed by atoms with Crippen LogP contribution < -0.4 is 4.57 Å². The lowest BCUT2D eigenvalue weighted by atomic mass is 9.92. The van der Waals surface area contributed by atoms with E-state index in [0.29, 0.717) is 17.7 Å². The van der Waals surface area contributed by atoms with Gasteiger partial charge in [-0.25, -0.2) is 0 Å². The van der Waals surface area contributed by atoms with Crippen LogP contribution >= 0.6 is 0 Å². The first-order valence-electron chi connectivity index (χ1n) is 6.59. The van der Waals surface area contributed by atoms with Crippen LogP contribution in [0.5, 0.6) is 5.75 Å². The van der Waals surface area contributed by atoms with Crippen molar-refractivity contribution < 1.29 is 9.67 Å². The summed E-state index contributed by atoms with van der Waals surface area (Å²) in [5.74, 6) is 0.800. The van der Waals surface area contributed by atoms with Gasteiger partial charge in [-0.1, -0.05) is 13.8 Å². The maximum absolute atomic E-state index is 10.1. The second-order valence-corrected chi connectivity index (χ2v) is 5.53. The number of phenols is 1. The number of hydrogen-bond donors (Lipinski definition) is 1. The van der Waals surface area contributed by atoms with E-state index in [2.05, 4.69) is 50.6 Å². The largest absolute Gasteiger partial charge is 0.507 e. The Bertz CT molecular complexity index is 585. The lowest BCUT2D eigenvalue weighted by molar-refractivity contribution is -0.691. The van der Waals surface area contributed by atoms with Crippen LogP contribution in [0.25, 0.3) is 10.9 Å². The first-order chi connectivity index (χ1) is 8.43. The SMILES string of the molecule is Cc1c(O)cc2c(ccc[n+]2C(C)C)c1C(C)C. The molecule has 0 fully saturated rings. The third-order valence-electron chi connectivity index (χ3n) is 3.55. The number of benzene rings is 1. The van der Waals surface area contributed by atoms with Crippen molar-refractivity contribution in [3.05, 3.63) is 35.5 Å². The Morgan fingerprint density at radius 3 is 2.39 bits per heavy atom. The predicted octanol–water partition coefficient (Wildman–Crippen LogP) is 3.85. The summed E-state index contributed by atoms with van der Waals surface area (Å²) in [6.45, 7) is 10.7. The Morgan fingerprint density at radius 2 is 1.83 bits per heavy atom. The summed E-state index contributed by atoms with van der Waals surface area (Å²) < 4.78 is 2.21. The summed E-state index contributed by atoms with van der Waals surface area (Å²) in [6.07, 6.45) is 2.08. The third kappa shape index (κ3) is 1.96. The molecule has 0 radical (unpaired) electrons. The normalized spacial score (nSPS) is 11.7. The highest BCUT2D eigenvalue weighted by Gasteiger charge is 2.19. The molecule has 1 heterocycles. The zero-order chi connectivity index (χ0) is 13.4. The maximum Gasteiger partial charge on any atom is 0.216 e. The molecule has 0 aliphatic rings. The van der Waals surface area contributed by atoms with Crippen LogP contribution in [0, 0.1) is 6.92 Å². The van der Waals surface area contributed by atoms with Crippen LogP contribution in [0.1, 0.15) is 50.8 Å². The Kier molecular flexibility index (Phi) is 3.29. The highest BCUT2D eigenvalue weighted by molar-refractivity contribution is 5.83. The fourth-order valence-electron chi connectivity index (χ4n) is 2.69. The number of rotatable bonds is 2. The van der Waals surface area contributed by atoms with Crippen molar-refractivity contribution in [3.63, 3.8) is 0 Å². The van der Waals surface area contributed by atoms with Crippen molar-refractivity contribution in [2.24, 2.45) is 0 Å². The van der Waals surface area contributed by atoms with Gasteiger partial charge < -0.3 is 5.11 Å². The van der Waals surface area contributed by atoms with E-state index in [1.807, 2.05) is 13.0 Å². The standard InChI is InChI=1S/C16H21NO/c1-10(2)16-12(5)15(18)9-14-13(16)7-6-8-17(14)11(3)4/h6-11H,1-5H3/p+1. The zero-order valence-electron chi connectivity index (χ0n) is 11.9. The molecule has 2 aromatic rings. The van der Waals surface area contributed by atoms with E-state index in [1.165, 1.54) is 10.9 Å². The van der Waals surface area contributed by atoms with E-state index in [4.69, 9.17) is 0 Å². The number of phenolic OH excluding ortho intramolecular Hbond substituents is 1. The van der Waals surface area contributed by atoms with Crippen molar-refractivity contribution in [2.45, 2.75) is 46.6 Å². The lowest BCUT2D eigenvalue weighted by Gasteiger charge is -2.15. The Hall–Kier alpha value is -1.57. The molecule has 0 saturated carbocycles. The molecule has 96 valence electrons. The zero-order valence-corrected chi connectivity index (χ0v) is 11.9. The number of pyridine rings is 1. The summed E-state index contributed by atoms with van der Waals surface area (Å²) in [6, 6.07) is 6.51. The molecule has 0 saturated heterocycles. The average molecular weight is 244 g/mol. The summed E-state index contributed by atoms with van der Waals surface area (Å²) >= 11 is 0. The molecule has 0 spiro atoms. The van der Waals surface area contributed by atoms with E-state index in [0.717, 1.165) is 11.1 Å². The summed E-state index contributed by atoms with van der Waals surface area (Å²) in [5, 5.41) is 11.4. The predicted molar refractivity (Wildman–Crippen MR) is 75.0 cm³/mol. The van der Waals surface area contributed by atoms with Gasteiger partial charge in [-0.2, -0.15) is 4.57 Å². The molecule has 0 aliphatic carbocycles. The smallest absolute Gasteiger partial charge is 0.216 e. The first kappa shape index (κ1) is 12.9. The van der Waals surface area contributed by atoms with Crippen molar-refractivity contribution in [2.75, 3.05) is 0 Å². The van der Waals surface area contributed by atoms with E-state index in [1.54, 1.807) is 0 Å². The minimum absolute atomic E-state index is 0.385. The van der Waals surface area contributed by atoms with Crippen molar-refractivity contribution >= 4 is 10.9 Å². The lowest BCUT2D eigenvalue weighted by Crippen LogP contribution is -2.36. The topological polar surface area (TPSA) is 24.1 Å². The van der Waals surface area contributed by atoms with Gasteiger partial charge >= 0.3 is 0 Å². The van der Waals surface area contributed by atoms with Gasteiger partial charge in [-0.3, -0.25) is 0 Å². The molecule has 2 rings (SSSR count). The van der Waals surface area contributed by atoms with Crippen LogP contribution in [0.4, 0.5) is 0 Å². The number of aromatic nitrogens is 1. The monoisotopic (exact) mass is 244 g/mol. The van der Waals surface area contributed by atoms with Crippen molar-refractivity contribution in [3.8, 4) is 5.75 Å². The molecule has 2 nitrogen and oxygen atoms in total. The Balaban J connectivity index is 2.91. The molecule has 0 bridgehead atoms. The first-order valence-corrected chi connectivity index (χ1v) is 6.59. The van der Waals surface area contributed by atoms with Crippen LogP contribution in [0.15, 0.2) is 24.4 Å². The van der Waals surface area contributed by atoms with Gasteiger partial charge in [0.25, 0.3) is 0 Å². The third-order valence-corrected chi connectivity index (χ3v) is 3.55. The van der Waals surface area contributed by atoms with Crippen molar-refractivity contribution in [1.82, 2.24) is 0 Å². The van der Waals surface area contributed by atoms with E-state index < -0.39 is 0 Å². The van der Waals surface area contributed by atoms with Crippen LogP contribution in [0.2, 0.25) is 0 Å². The molecule has 18 heavy (non-hydrogen) atoms. The Morgan fingerprint density at radius 1 is 1.17 bits per heavy atom. The van der Waals surface area contributed by atoms with Crippen LogP contribution in [-0.4, -0.2) is 5.11 Å². The van der Waals surface area contributed by atoms with Crippen molar-refractivity contribution in [1.29, 1.82) is 0 Å². The minimum atomic E-state index is 0.385. The minimum Gasteiger partial charge on any atom is -0.507 e. The van der Waals surface area contributed by atoms with Gasteiger partial charge in [0.1, 0.15) is 5.75 Å². The average Bonchev–Trinajstić information content (AvgIpc) is 2.29. The highest BCUT2D eigenvalue weighted by Crippen LogP contribution is 2.33. The van der Waals surface area contributed by atoms with Gasteiger partial charge in [0.05, 0.1) is 11.5 Å². The van der Waals surface area contributed by atoms with E-state index in [-0.39, 0.29) is 0 Å². The number of nitrogens with zero attached hydrogens (tertiary/aromatic N) is 1. The van der Waals surface area contributed by atoms with Gasteiger partial charge in [0.15, 0.2) is 12.2 Å². The molecule has 2 heteroatoms. The number of hydrogen-bond acceptors (Lipinski definition) is 1. The number of aromatic hydroxyl groups is 1. The maximum atomic E-state index is 10.1. The van der Waals surface area contributed by atoms with Gasteiger partial charge in [-0.05, 0) is 43.9 Å². The molecule has 0 aliphatic heterocycles. The summed E-state index contributed by atoms with van der Waals surface area (Å²) in [4.78, 5) is 0. The number of fused-ring (bicyclic) bond motifs is 1. The summed E-state index contributed by atoms with van der Waals surface area (Å²) in [7, 11) is 0. The van der Waals surface area contributed by atoms with Gasteiger partial charge in [0.2, 0.25) is 5.52 Å². The fraction of sp³-hybridized carbons (Fsp3) is 0.438. The molecule has 0 atom stereocenters. The van der Waals surface area contributed by atoms with Crippen LogP contribution in [-0.2, 0) is 0 Å². The fourth-order valence-corrected chi connectivity index (χ4v) is 2.69. The molecule has 0 unspecified atom stereocenters. The quantitative estimate of drug-likeness (QED) is 0.797. The molecular formula is C16H22NO+. The van der Waals surface area contributed by atoms with E-state index >= 15 is 0 Å². The molecule has 1 aromatic heterocycles. The highest BCUT2D eigenvalue weighted by atomic mass is 16.3. The molecule has 1 N–H and O–H groups in total. The van der Waals surface area contributed by atoms with Gasteiger partial charge in [-0.15, -0.1) is 0 Å². The molecule has 0 amide bonds. The molecule has 1 aromatic carbocycles. The van der Waals surface area contributed by atoms with Gasteiger partial charge in [0, 0.05) is 6.07 Å². The second-order valence-electron chi connectivity index (χ2n) is 5.53. The second kappa shape index (κ2) is 4.60. The molecular weight excluding hydrogens is 222 g/mol. The van der Waals surface area contributed by atoms with Crippen LogP contribution in [0.3, 0.4) is 0 Å².